The summed E-state index contributed by atoms with van der Waals surface area (Å²) in [5.74, 6) is -0.524. The van der Waals surface area contributed by atoms with Crippen molar-refractivity contribution in [3.8, 4) is 5.75 Å². The van der Waals surface area contributed by atoms with E-state index in [4.69, 9.17) is 4.18 Å². The van der Waals surface area contributed by atoms with Crippen molar-refractivity contribution in [1.29, 1.82) is 0 Å². The zero-order valence-electron chi connectivity index (χ0n) is 12.9. The van der Waals surface area contributed by atoms with E-state index in [-0.39, 0.29) is 20.7 Å². The Kier molecular flexibility index (Phi) is 4.97. The van der Waals surface area contributed by atoms with Crippen molar-refractivity contribution in [3.63, 3.8) is 0 Å². The summed E-state index contributed by atoms with van der Waals surface area (Å²) >= 11 is 0.822. The monoisotopic (exact) mass is 390 g/mol. The molecule has 24 heavy (non-hydrogen) atoms. The molecule has 0 atom stereocenters. The number of aromatic nitrogens is 1. The number of rotatable bonds is 5. The van der Waals surface area contributed by atoms with Crippen LogP contribution in [-0.4, -0.2) is 40.2 Å². The Morgan fingerprint density at radius 3 is 2.42 bits per heavy atom. The van der Waals surface area contributed by atoms with Gasteiger partial charge in [0.2, 0.25) is 0 Å². The molecule has 8 nitrogen and oxygen atoms in total. The first-order valence-electron chi connectivity index (χ1n) is 6.43. The summed E-state index contributed by atoms with van der Waals surface area (Å²) in [6, 6.07) is 4.32. The van der Waals surface area contributed by atoms with E-state index in [9.17, 15) is 21.6 Å². The summed E-state index contributed by atoms with van der Waals surface area (Å²) in [5, 5.41) is 2.58. The van der Waals surface area contributed by atoms with Gasteiger partial charge in [0.15, 0.2) is 15.0 Å². The summed E-state index contributed by atoms with van der Waals surface area (Å²) in [7, 11) is -7.12. The van der Waals surface area contributed by atoms with Crippen LogP contribution in [0.2, 0.25) is 0 Å². The highest BCUT2D eigenvalue weighted by Crippen LogP contribution is 2.25. The molecule has 0 saturated heterocycles. The molecule has 2 rings (SSSR count). The maximum Gasteiger partial charge on any atom is 0.306 e. The number of nitrogens with one attached hydrogen (secondary N) is 1. The molecule has 0 bridgehead atoms. The predicted octanol–water partition coefficient (Wildman–Crippen LogP) is 1.45. The zero-order valence-corrected chi connectivity index (χ0v) is 15.4. The Morgan fingerprint density at radius 1 is 1.21 bits per heavy atom. The van der Waals surface area contributed by atoms with Crippen LogP contribution in [0.15, 0.2) is 28.6 Å². The van der Waals surface area contributed by atoms with Gasteiger partial charge in [-0.2, -0.15) is 8.42 Å². The quantitative estimate of drug-likeness (QED) is 0.767. The van der Waals surface area contributed by atoms with Gasteiger partial charge in [-0.1, -0.05) is 17.4 Å². The maximum atomic E-state index is 12.2. The molecule has 0 aliphatic carbocycles. The van der Waals surface area contributed by atoms with E-state index in [1.54, 1.807) is 13.0 Å². The van der Waals surface area contributed by atoms with Gasteiger partial charge in [0.25, 0.3) is 5.91 Å². The second-order valence-electron chi connectivity index (χ2n) is 4.98. The predicted molar refractivity (Wildman–Crippen MR) is 89.8 cm³/mol. The zero-order chi connectivity index (χ0) is 18.1. The first kappa shape index (κ1) is 18.4. The second-order valence-corrected chi connectivity index (χ2v) is 9.83. The molecule has 0 unspecified atom stereocenters. The lowest BCUT2D eigenvalue weighted by molar-refractivity contribution is 0.102. The number of anilines is 1. The number of nitrogens with zero attached hydrogens (tertiary/aromatic N) is 1. The number of aryl methyl sites for hydroxylation is 1. The highest BCUT2D eigenvalue weighted by molar-refractivity contribution is 7.92. The minimum atomic E-state index is -3.72. The normalized spacial score (nSPS) is 12.0. The highest BCUT2D eigenvalue weighted by Gasteiger charge is 2.16. The third kappa shape index (κ3) is 4.76. The number of benzene rings is 1. The molecule has 1 heterocycles. The molecule has 0 fully saturated rings. The lowest BCUT2D eigenvalue weighted by Gasteiger charge is -2.08. The molecule has 0 radical (unpaired) electrons. The lowest BCUT2D eigenvalue weighted by Crippen LogP contribution is -2.13. The number of carbonyl (C=O) groups is 1. The number of hydrogen-bond donors (Lipinski definition) is 1. The molecule has 1 aromatic carbocycles. The minimum Gasteiger partial charge on any atom is -0.382 e. The lowest BCUT2D eigenvalue weighted by atomic mass is 10.1. The number of carbonyl (C=O) groups excluding carboxylic acids is 1. The Balaban J connectivity index is 2.24. The number of hydrogen-bond acceptors (Lipinski definition) is 8. The van der Waals surface area contributed by atoms with E-state index in [2.05, 4.69) is 10.3 Å². The van der Waals surface area contributed by atoms with E-state index in [1.165, 1.54) is 12.1 Å². The van der Waals surface area contributed by atoms with E-state index >= 15 is 0 Å². The van der Waals surface area contributed by atoms with Crippen molar-refractivity contribution in [2.75, 3.05) is 17.8 Å². The second kappa shape index (κ2) is 6.49. The molecule has 0 spiro atoms. The number of thiazole rings is 1. The highest BCUT2D eigenvalue weighted by atomic mass is 32.2. The number of amides is 1. The largest absolute Gasteiger partial charge is 0.382 e. The van der Waals surface area contributed by atoms with Gasteiger partial charge in [-0.05, 0) is 24.6 Å². The summed E-state index contributed by atoms with van der Waals surface area (Å²) in [6.45, 7) is 1.64. The van der Waals surface area contributed by atoms with E-state index in [0.717, 1.165) is 30.0 Å². The van der Waals surface area contributed by atoms with Gasteiger partial charge in [0.1, 0.15) is 9.96 Å². The van der Waals surface area contributed by atoms with Gasteiger partial charge >= 0.3 is 10.1 Å². The summed E-state index contributed by atoms with van der Waals surface area (Å²) in [5.41, 5.74) is 0.695. The van der Waals surface area contributed by atoms with Crippen molar-refractivity contribution in [1.82, 2.24) is 4.98 Å². The fourth-order valence-corrected chi connectivity index (χ4v) is 3.79. The molecule has 11 heteroatoms. The third-order valence-electron chi connectivity index (χ3n) is 2.76. The van der Waals surface area contributed by atoms with Gasteiger partial charge in [0, 0.05) is 11.8 Å². The fourth-order valence-electron chi connectivity index (χ4n) is 1.65. The van der Waals surface area contributed by atoms with E-state index in [0.29, 0.717) is 5.56 Å². The van der Waals surface area contributed by atoms with Crippen LogP contribution in [0, 0.1) is 6.92 Å². The van der Waals surface area contributed by atoms with Gasteiger partial charge < -0.3 is 4.18 Å². The first-order chi connectivity index (χ1) is 11.0. The van der Waals surface area contributed by atoms with E-state index < -0.39 is 25.9 Å². The van der Waals surface area contributed by atoms with Crippen molar-refractivity contribution < 1.29 is 25.8 Å². The van der Waals surface area contributed by atoms with Crippen LogP contribution in [0.25, 0.3) is 0 Å². The molecule has 0 aliphatic rings. The number of sulfone groups is 1. The Bertz CT molecular complexity index is 992. The van der Waals surface area contributed by atoms with Crippen LogP contribution in [0.5, 0.6) is 5.75 Å². The first-order valence-corrected chi connectivity index (χ1v) is 11.0. The average molecular weight is 390 g/mol. The van der Waals surface area contributed by atoms with Crippen LogP contribution in [-0.2, 0) is 20.0 Å². The average Bonchev–Trinajstić information content (AvgIpc) is 2.88. The molecule has 1 N–H and O–H groups in total. The van der Waals surface area contributed by atoms with Gasteiger partial charge in [0.05, 0.1) is 12.5 Å². The molecular formula is C13H14N2O6S3. The molecular weight excluding hydrogens is 376 g/mol. The summed E-state index contributed by atoms with van der Waals surface area (Å²) in [6.07, 6.45) is 3.10. The van der Waals surface area contributed by atoms with Gasteiger partial charge in [-0.15, -0.1) is 0 Å². The Labute approximate surface area is 143 Å². The summed E-state index contributed by atoms with van der Waals surface area (Å²) in [4.78, 5) is 16.0. The van der Waals surface area contributed by atoms with Crippen LogP contribution in [0.4, 0.5) is 5.13 Å². The minimum absolute atomic E-state index is 0.0304. The van der Waals surface area contributed by atoms with Crippen LogP contribution >= 0.6 is 11.3 Å². The van der Waals surface area contributed by atoms with Crippen LogP contribution < -0.4 is 9.50 Å². The van der Waals surface area contributed by atoms with Crippen molar-refractivity contribution >= 4 is 42.3 Å². The van der Waals surface area contributed by atoms with Gasteiger partial charge in [-0.3, -0.25) is 10.1 Å². The van der Waals surface area contributed by atoms with Crippen LogP contribution in [0.3, 0.4) is 0 Å². The standard InChI is InChI=1S/C13H14N2O6S3/c1-8-4-5-9(6-10(8)21-24(3,19)20)12(16)15-13-14-7-11(22-13)23(2,17)18/h4-7H,1-3H3,(H,14,15,16). The van der Waals surface area contributed by atoms with Crippen molar-refractivity contribution in [2.24, 2.45) is 0 Å². The molecule has 1 amide bonds. The third-order valence-corrected chi connectivity index (χ3v) is 5.95. The SMILES string of the molecule is Cc1ccc(C(=O)Nc2ncc(S(C)(=O)=O)s2)cc1OS(C)(=O)=O. The topological polar surface area (TPSA) is 120 Å². The molecule has 2 aromatic rings. The van der Waals surface area contributed by atoms with E-state index in [1.807, 2.05) is 0 Å². The van der Waals surface area contributed by atoms with Crippen LogP contribution in [0.1, 0.15) is 15.9 Å². The van der Waals surface area contributed by atoms with Crippen molar-refractivity contribution in [2.45, 2.75) is 11.1 Å². The Hall–Kier alpha value is -1.98. The maximum absolute atomic E-state index is 12.2. The molecule has 0 aliphatic heterocycles. The molecule has 0 saturated carbocycles. The summed E-state index contributed by atoms with van der Waals surface area (Å²) < 4.78 is 50.1. The van der Waals surface area contributed by atoms with Crippen molar-refractivity contribution in [3.05, 3.63) is 35.5 Å². The molecule has 1 aromatic heterocycles. The smallest absolute Gasteiger partial charge is 0.306 e. The van der Waals surface area contributed by atoms with Gasteiger partial charge in [-0.25, -0.2) is 13.4 Å². The Morgan fingerprint density at radius 2 is 1.88 bits per heavy atom. The molecule has 130 valence electrons. The fraction of sp³-hybridized carbons (Fsp3) is 0.231.